The van der Waals surface area contributed by atoms with E-state index in [0.29, 0.717) is 12.0 Å². The molecule has 0 bridgehead atoms. The normalized spacial score (nSPS) is 10.7. The maximum Gasteiger partial charge on any atom is 0.333 e. The second-order valence-corrected chi connectivity index (χ2v) is 5.01. The van der Waals surface area contributed by atoms with Crippen LogP contribution >= 0.6 is 0 Å². The van der Waals surface area contributed by atoms with E-state index in [1.807, 2.05) is 0 Å². The van der Waals surface area contributed by atoms with Crippen molar-refractivity contribution in [2.75, 3.05) is 19.8 Å². The van der Waals surface area contributed by atoms with Gasteiger partial charge in [0, 0.05) is 12.0 Å². The van der Waals surface area contributed by atoms with Crippen molar-refractivity contribution in [3.8, 4) is 0 Å². The van der Waals surface area contributed by atoms with Gasteiger partial charge in [-0.3, -0.25) is 19.2 Å². The minimum absolute atomic E-state index is 0.0550. The van der Waals surface area contributed by atoms with Gasteiger partial charge in [-0.15, -0.1) is 0 Å². The quantitative estimate of drug-likeness (QED) is 0.179. The zero-order chi connectivity index (χ0) is 18.5. The van der Waals surface area contributed by atoms with Gasteiger partial charge < -0.3 is 14.2 Å². The van der Waals surface area contributed by atoms with Crippen LogP contribution in [0, 0.1) is 0 Å². The van der Waals surface area contributed by atoms with Crippen LogP contribution in [-0.4, -0.2) is 49.3 Å². The number of hydrogen-bond donors (Lipinski definition) is 0. The van der Waals surface area contributed by atoms with E-state index >= 15 is 0 Å². The van der Waals surface area contributed by atoms with Crippen molar-refractivity contribution in [1.82, 2.24) is 0 Å². The monoisotopic (exact) mass is 342 g/mol. The van der Waals surface area contributed by atoms with E-state index in [1.165, 1.54) is 26.8 Å². The fourth-order valence-corrected chi connectivity index (χ4v) is 1.44. The molecule has 134 valence electrons. The minimum Gasteiger partial charge on any atom is -0.465 e. The molecule has 0 atom stereocenters. The summed E-state index contributed by atoms with van der Waals surface area (Å²) in [4.78, 5) is 55.1. The van der Waals surface area contributed by atoms with Gasteiger partial charge in [0.15, 0.2) is 0 Å². The highest BCUT2D eigenvalue weighted by Crippen LogP contribution is 2.00. The van der Waals surface area contributed by atoms with Crippen molar-refractivity contribution in [2.45, 2.75) is 40.0 Å². The number of rotatable bonds is 11. The van der Waals surface area contributed by atoms with Gasteiger partial charge in [-0.05, 0) is 20.8 Å². The van der Waals surface area contributed by atoms with Crippen molar-refractivity contribution >= 4 is 29.5 Å². The molecule has 0 aliphatic heterocycles. The molecule has 0 amide bonds. The summed E-state index contributed by atoms with van der Waals surface area (Å²) in [6.07, 6.45) is 1.26. The van der Waals surface area contributed by atoms with E-state index in [4.69, 9.17) is 14.2 Å². The largest absolute Gasteiger partial charge is 0.465 e. The number of ether oxygens (including phenoxy) is 3. The third-order valence-corrected chi connectivity index (χ3v) is 2.52. The van der Waals surface area contributed by atoms with Gasteiger partial charge in [0.2, 0.25) is 0 Å². The molecular weight excluding hydrogens is 320 g/mol. The Hall–Kier alpha value is -2.51. The number of Topliss-reactive ketones (excluding diaryl/α,β-unsaturated/α-hetero) is 2. The van der Waals surface area contributed by atoms with Crippen molar-refractivity contribution in [3.05, 3.63) is 11.6 Å². The first-order chi connectivity index (χ1) is 11.2. The first-order valence-electron chi connectivity index (χ1n) is 7.36. The molecule has 0 spiro atoms. The highest BCUT2D eigenvalue weighted by atomic mass is 16.6. The van der Waals surface area contributed by atoms with Gasteiger partial charge in [-0.25, -0.2) is 4.79 Å². The standard InChI is InChI=1S/C16H22O8/c1-11(5-4-6-22-14(19)9-12(2)17)16(21)24-8-7-23-15(20)10-13(3)18/h5H,4,6-10H2,1-3H3. The van der Waals surface area contributed by atoms with E-state index in [2.05, 4.69) is 0 Å². The van der Waals surface area contributed by atoms with Crippen LogP contribution in [0.4, 0.5) is 0 Å². The molecule has 0 fully saturated rings. The average Bonchev–Trinajstić information content (AvgIpc) is 2.46. The van der Waals surface area contributed by atoms with E-state index in [9.17, 15) is 24.0 Å². The summed E-state index contributed by atoms with van der Waals surface area (Å²) < 4.78 is 14.4. The number of hydrogen-bond acceptors (Lipinski definition) is 8. The van der Waals surface area contributed by atoms with Crippen LogP contribution < -0.4 is 0 Å². The molecule has 0 aliphatic carbocycles. The summed E-state index contributed by atoms with van der Waals surface area (Å²) in [7, 11) is 0. The van der Waals surface area contributed by atoms with E-state index in [1.54, 1.807) is 0 Å². The van der Waals surface area contributed by atoms with Crippen LogP contribution in [0.5, 0.6) is 0 Å². The number of esters is 3. The lowest BCUT2D eigenvalue weighted by atomic mass is 10.2. The lowest BCUT2D eigenvalue weighted by Gasteiger charge is -2.06. The summed E-state index contributed by atoms with van der Waals surface area (Å²) in [5.41, 5.74) is 0.313. The van der Waals surface area contributed by atoms with E-state index < -0.39 is 17.9 Å². The van der Waals surface area contributed by atoms with Crippen LogP contribution in [-0.2, 0) is 38.2 Å². The highest BCUT2D eigenvalue weighted by molar-refractivity contribution is 5.94. The number of carbonyl (C=O) groups is 5. The second-order valence-electron chi connectivity index (χ2n) is 5.01. The van der Waals surface area contributed by atoms with Gasteiger partial charge in [0.05, 0.1) is 6.61 Å². The predicted octanol–water partition coefficient (Wildman–Crippen LogP) is 0.911. The predicted molar refractivity (Wildman–Crippen MR) is 81.8 cm³/mol. The molecule has 0 saturated carbocycles. The zero-order valence-electron chi connectivity index (χ0n) is 14.1. The Labute approximate surface area is 140 Å². The third kappa shape index (κ3) is 12.1. The molecule has 0 saturated heterocycles. The van der Waals surface area contributed by atoms with Crippen LogP contribution in [0.2, 0.25) is 0 Å². The average molecular weight is 342 g/mol. The molecule has 8 nitrogen and oxygen atoms in total. The SMILES string of the molecule is CC(=O)CC(=O)OCCC=C(C)C(=O)OCCOC(=O)CC(C)=O. The Bertz CT molecular complexity index is 518. The molecule has 24 heavy (non-hydrogen) atoms. The Morgan fingerprint density at radius 1 is 0.708 bits per heavy atom. The van der Waals surface area contributed by atoms with E-state index in [-0.39, 0.29) is 44.2 Å². The van der Waals surface area contributed by atoms with E-state index in [0.717, 1.165) is 0 Å². The second kappa shape index (κ2) is 12.0. The lowest BCUT2D eigenvalue weighted by Crippen LogP contribution is -2.16. The maximum atomic E-state index is 11.6. The first-order valence-corrected chi connectivity index (χ1v) is 7.36. The fourth-order valence-electron chi connectivity index (χ4n) is 1.44. The highest BCUT2D eigenvalue weighted by Gasteiger charge is 2.09. The van der Waals surface area contributed by atoms with Crippen molar-refractivity contribution in [3.63, 3.8) is 0 Å². The summed E-state index contributed by atoms with van der Waals surface area (Å²) in [6, 6.07) is 0. The summed E-state index contributed by atoms with van der Waals surface area (Å²) >= 11 is 0. The Morgan fingerprint density at radius 2 is 1.17 bits per heavy atom. The Kier molecular flexibility index (Phi) is 10.7. The molecule has 8 heteroatoms. The topological polar surface area (TPSA) is 113 Å². The van der Waals surface area contributed by atoms with Gasteiger partial charge in [-0.2, -0.15) is 0 Å². The molecule has 0 N–H and O–H groups in total. The zero-order valence-corrected chi connectivity index (χ0v) is 14.1. The maximum absolute atomic E-state index is 11.6. The van der Waals surface area contributed by atoms with Gasteiger partial charge in [-0.1, -0.05) is 6.08 Å². The molecule has 0 aromatic heterocycles. The molecule has 0 radical (unpaired) electrons. The number of carbonyl (C=O) groups excluding carboxylic acids is 5. The summed E-state index contributed by atoms with van der Waals surface area (Å²) in [6.45, 7) is 3.89. The third-order valence-electron chi connectivity index (χ3n) is 2.52. The lowest BCUT2D eigenvalue weighted by molar-refractivity contribution is -0.151. The van der Waals surface area contributed by atoms with Crippen molar-refractivity contribution < 1.29 is 38.2 Å². The molecule has 0 aromatic rings. The van der Waals surface area contributed by atoms with Gasteiger partial charge in [0.25, 0.3) is 0 Å². The first kappa shape index (κ1) is 21.5. The summed E-state index contributed by atoms with van der Waals surface area (Å²) in [5, 5.41) is 0. The van der Waals surface area contributed by atoms with Crippen LogP contribution in [0.1, 0.15) is 40.0 Å². The van der Waals surface area contributed by atoms with Gasteiger partial charge in [0.1, 0.15) is 37.6 Å². The number of ketones is 2. The molecule has 0 heterocycles. The van der Waals surface area contributed by atoms with Crippen LogP contribution in [0.3, 0.4) is 0 Å². The van der Waals surface area contributed by atoms with Gasteiger partial charge >= 0.3 is 17.9 Å². The van der Waals surface area contributed by atoms with Crippen molar-refractivity contribution in [2.24, 2.45) is 0 Å². The van der Waals surface area contributed by atoms with Crippen LogP contribution in [0.25, 0.3) is 0 Å². The molecule has 0 aliphatic rings. The Balaban J connectivity index is 3.89. The molecular formula is C16H22O8. The molecule has 0 rings (SSSR count). The fraction of sp³-hybridized carbons (Fsp3) is 0.562. The smallest absolute Gasteiger partial charge is 0.333 e. The van der Waals surface area contributed by atoms with Crippen LogP contribution in [0.15, 0.2) is 11.6 Å². The Morgan fingerprint density at radius 3 is 1.67 bits per heavy atom. The molecule has 0 aromatic carbocycles. The minimum atomic E-state index is -0.668. The van der Waals surface area contributed by atoms with Crippen molar-refractivity contribution in [1.29, 1.82) is 0 Å². The summed E-state index contributed by atoms with van der Waals surface area (Å²) in [5.74, 6) is -2.45. The molecule has 0 unspecified atom stereocenters.